The number of carbonyl (C=O) groups is 4. The van der Waals surface area contributed by atoms with Crippen molar-refractivity contribution in [1.29, 1.82) is 0 Å². The molecule has 8 aromatic rings. The molecule has 11 rings (SSSR count). The molecule has 0 saturated carbocycles. The number of benzene rings is 6. The first-order valence-electron chi connectivity index (χ1n) is 23.9. The number of nitrogens with zero attached hydrogens (tertiary/aromatic N) is 6. The summed E-state index contributed by atoms with van der Waals surface area (Å²) in [5.41, 5.74) is 19.8. The third-order valence-electron chi connectivity index (χ3n) is 13.5. The van der Waals surface area contributed by atoms with Crippen LogP contribution in [0.2, 0.25) is 0 Å². The number of ether oxygens (including phenoxy) is 1. The largest absolute Gasteiger partial charge is 0.495 e. The Morgan fingerprint density at radius 2 is 1.07 bits per heavy atom. The van der Waals surface area contributed by atoms with E-state index in [0.29, 0.717) is 77.1 Å². The van der Waals surface area contributed by atoms with Crippen molar-refractivity contribution in [1.82, 2.24) is 29.7 Å². The van der Waals surface area contributed by atoms with E-state index in [1.165, 1.54) is 11.1 Å². The Labute approximate surface area is 441 Å². The van der Waals surface area contributed by atoms with Crippen LogP contribution in [-0.2, 0) is 40.2 Å². The molecule has 2 aromatic heterocycles. The number of hydrogen-bond donors (Lipinski definition) is 3. The van der Waals surface area contributed by atoms with E-state index in [0.717, 1.165) is 20.1 Å². The van der Waals surface area contributed by atoms with E-state index < -0.39 is 24.3 Å². The molecule has 5 heterocycles. The van der Waals surface area contributed by atoms with Gasteiger partial charge < -0.3 is 40.4 Å². The fourth-order valence-electron chi connectivity index (χ4n) is 9.00. The van der Waals surface area contributed by atoms with E-state index in [9.17, 15) is 24.3 Å². The molecule has 6 aromatic carbocycles. The number of esters is 1. The lowest BCUT2D eigenvalue weighted by atomic mass is 9.76. The second-order valence-corrected chi connectivity index (χ2v) is 20.1. The van der Waals surface area contributed by atoms with Gasteiger partial charge in [-0.05, 0) is 139 Å². The zero-order valence-electron chi connectivity index (χ0n) is 41.3. The molecular weight excluding hydrogens is 1050 g/mol. The number of fused-ring (bicyclic) bond motifs is 4. The molecule has 74 heavy (non-hydrogen) atoms. The number of rotatable bonds is 7. The summed E-state index contributed by atoms with van der Waals surface area (Å²) in [6, 6.07) is 41.0. The number of halogens is 1. The zero-order valence-corrected chi connectivity index (χ0v) is 43.5. The van der Waals surface area contributed by atoms with Crippen LogP contribution in [0.3, 0.4) is 0 Å². The standard InChI is InChI=1S/C24H18N4O3.C17H13IN4O.C15H21BO4/c25-24-26-20-10-9-14(17-7-3-4-8-18(17)23(30)31)11-19(20)21(27-24)22(29)28-12-15-5-1-2-6-16(15)13-28;18-12-5-6-14-13(7-12)15(21-17(19)20-14)16(23)22-8-10-3-1-2-4-11(10)9-22;1-6-18-13(17)11-9-7-8-10-12(11)16-19-14(2,3)15(4,5)20-16/h1-11H,12-13H2,(H,30,31)(H2,25,26,27);1-7H,8-9H2,(H2,19,20,21);7-10H,6H2,1-5H3. The Kier molecular flexibility index (Phi) is 14.5. The molecule has 5 N–H and O–H groups in total. The van der Waals surface area contributed by atoms with Gasteiger partial charge in [0, 0.05) is 40.5 Å². The summed E-state index contributed by atoms with van der Waals surface area (Å²) in [4.78, 5) is 70.5. The molecule has 3 aliphatic heterocycles. The summed E-state index contributed by atoms with van der Waals surface area (Å²) in [7, 11) is -0.555. The van der Waals surface area contributed by atoms with Crippen LogP contribution in [0.4, 0.5) is 11.9 Å². The van der Waals surface area contributed by atoms with Crippen molar-refractivity contribution in [2.24, 2.45) is 0 Å². The summed E-state index contributed by atoms with van der Waals surface area (Å²) in [5, 5.41) is 10.8. The number of hydrogen-bond acceptors (Lipinski definition) is 13. The minimum Gasteiger partial charge on any atom is -0.478 e. The van der Waals surface area contributed by atoms with Crippen LogP contribution in [0.15, 0.2) is 133 Å². The number of carbonyl (C=O) groups excluding carboxylic acids is 3. The lowest BCUT2D eigenvalue weighted by Gasteiger charge is -2.32. The smallest absolute Gasteiger partial charge is 0.478 e. The number of nitrogens with two attached hydrogens (primary N) is 2. The van der Waals surface area contributed by atoms with Crippen LogP contribution in [0.1, 0.15) is 98.6 Å². The SMILES string of the molecule is CCOC(=O)c1ccccc1B1OC(C)(C)C(C)(C)O1.Nc1nc(C(=O)N2Cc3ccccc3C2)c2cc(-c3ccccc3C(=O)O)ccc2n1.Nc1nc(C(=O)N2Cc3ccccc3C2)c2cc(I)ccc2n1. The predicted octanol–water partition coefficient (Wildman–Crippen LogP) is 8.87. The minimum atomic E-state index is -1.02. The highest BCUT2D eigenvalue weighted by molar-refractivity contribution is 14.1. The highest BCUT2D eigenvalue weighted by atomic mass is 127. The van der Waals surface area contributed by atoms with E-state index in [2.05, 4.69) is 54.7 Å². The van der Waals surface area contributed by atoms with Gasteiger partial charge in [-0.3, -0.25) is 9.59 Å². The van der Waals surface area contributed by atoms with Crippen LogP contribution in [0.5, 0.6) is 0 Å². The van der Waals surface area contributed by atoms with Gasteiger partial charge in [0.15, 0.2) is 0 Å². The Bertz CT molecular complexity index is 3450. The van der Waals surface area contributed by atoms with Crippen molar-refractivity contribution in [3.05, 3.63) is 182 Å². The number of carboxylic acids is 1. The molecule has 3 aliphatic rings. The van der Waals surface area contributed by atoms with E-state index >= 15 is 0 Å². The van der Waals surface area contributed by atoms with Gasteiger partial charge in [-0.2, -0.15) is 0 Å². The number of anilines is 2. The van der Waals surface area contributed by atoms with E-state index in [4.69, 9.17) is 25.5 Å². The third kappa shape index (κ3) is 10.5. The predicted molar refractivity (Wildman–Crippen MR) is 291 cm³/mol. The van der Waals surface area contributed by atoms with E-state index in [1.54, 1.807) is 71.3 Å². The Morgan fingerprint density at radius 3 is 1.57 bits per heavy atom. The van der Waals surface area contributed by atoms with Crippen molar-refractivity contribution in [2.45, 2.75) is 72.0 Å². The number of aromatic carboxylic acids is 1. The van der Waals surface area contributed by atoms with E-state index in [1.807, 2.05) is 94.4 Å². The summed E-state index contributed by atoms with van der Waals surface area (Å²) in [6.45, 7) is 12.3. The zero-order chi connectivity index (χ0) is 52.5. The second kappa shape index (κ2) is 21.0. The first-order valence-corrected chi connectivity index (χ1v) is 25.0. The molecule has 1 saturated heterocycles. The Morgan fingerprint density at radius 1 is 0.622 bits per heavy atom. The lowest BCUT2D eigenvalue weighted by Crippen LogP contribution is -2.41. The maximum Gasteiger partial charge on any atom is 0.495 e. The molecule has 0 bridgehead atoms. The number of aromatic nitrogens is 4. The molecule has 0 unspecified atom stereocenters. The molecule has 0 atom stereocenters. The van der Waals surface area contributed by atoms with Crippen molar-refractivity contribution >= 4 is 92.6 Å². The molecule has 0 aliphatic carbocycles. The first kappa shape index (κ1) is 51.1. The fraction of sp³-hybridized carbons (Fsp3) is 0.214. The van der Waals surface area contributed by atoms with Crippen LogP contribution < -0.4 is 16.9 Å². The lowest BCUT2D eigenvalue weighted by molar-refractivity contribution is 0.00578. The summed E-state index contributed by atoms with van der Waals surface area (Å²) >= 11 is 2.21. The topological polar surface area (TPSA) is 226 Å². The highest BCUT2D eigenvalue weighted by Gasteiger charge is 2.52. The first-order chi connectivity index (χ1) is 35.4. The normalized spacial score (nSPS) is 14.9. The number of nitrogen functional groups attached to an aromatic ring is 2. The fourth-order valence-corrected chi connectivity index (χ4v) is 9.49. The van der Waals surface area contributed by atoms with Crippen LogP contribution in [0.25, 0.3) is 32.9 Å². The third-order valence-corrected chi connectivity index (χ3v) is 14.2. The van der Waals surface area contributed by atoms with E-state index in [-0.39, 0.29) is 40.9 Å². The van der Waals surface area contributed by atoms with Crippen molar-refractivity contribution in [3.63, 3.8) is 0 Å². The van der Waals surface area contributed by atoms with Gasteiger partial charge in [0.05, 0.1) is 40.0 Å². The summed E-state index contributed by atoms with van der Waals surface area (Å²) < 4.78 is 18.1. The van der Waals surface area contributed by atoms with Gasteiger partial charge in [0.2, 0.25) is 11.9 Å². The van der Waals surface area contributed by atoms with Gasteiger partial charge >= 0.3 is 19.1 Å². The molecule has 374 valence electrons. The maximum atomic E-state index is 13.4. The summed E-state index contributed by atoms with van der Waals surface area (Å²) in [5.74, 6) is -1.57. The molecule has 2 amide bonds. The van der Waals surface area contributed by atoms with Gasteiger partial charge in [0.1, 0.15) is 11.4 Å². The Balaban J connectivity index is 0.000000140. The second-order valence-electron chi connectivity index (χ2n) is 18.9. The number of carboxylic acid groups (broad SMARTS) is 1. The Hall–Kier alpha value is -7.81. The van der Waals surface area contributed by atoms with Crippen LogP contribution in [0, 0.1) is 3.57 Å². The molecule has 18 heteroatoms. The molecule has 1 fully saturated rings. The van der Waals surface area contributed by atoms with Crippen molar-refractivity contribution in [3.8, 4) is 11.1 Å². The van der Waals surface area contributed by atoms with Gasteiger partial charge in [-0.25, -0.2) is 29.5 Å². The average Bonchev–Trinajstić information content (AvgIpc) is 4.09. The highest BCUT2D eigenvalue weighted by Crippen LogP contribution is 2.37. The van der Waals surface area contributed by atoms with Crippen LogP contribution in [-0.4, -0.2) is 83.5 Å². The molecule has 0 radical (unpaired) electrons. The molecule has 0 spiro atoms. The van der Waals surface area contributed by atoms with Crippen LogP contribution >= 0.6 is 22.6 Å². The van der Waals surface area contributed by atoms with Crippen molar-refractivity contribution in [2.75, 3.05) is 18.1 Å². The maximum absolute atomic E-state index is 13.4. The average molecular weight is 1100 g/mol. The van der Waals surface area contributed by atoms with Gasteiger partial charge in [-0.1, -0.05) is 91.0 Å². The molecular formula is C56H52BIN8O8. The number of amides is 2. The monoisotopic (exact) mass is 1100 g/mol. The summed E-state index contributed by atoms with van der Waals surface area (Å²) in [6.07, 6.45) is 0. The quantitative estimate of drug-likeness (QED) is 0.0770. The van der Waals surface area contributed by atoms with Crippen molar-refractivity contribution < 1.29 is 38.3 Å². The minimum absolute atomic E-state index is 0.0197. The van der Waals surface area contributed by atoms with Gasteiger partial charge in [-0.15, -0.1) is 0 Å². The molecule has 16 nitrogen and oxygen atoms in total. The van der Waals surface area contributed by atoms with Gasteiger partial charge in [0.25, 0.3) is 11.8 Å².